The Hall–Kier alpha value is -1.56. The minimum atomic E-state index is -1.02. The molecule has 100 valence electrons. The summed E-state index contributed by atoms with van der Waals surface area (Å²) in [5.41, 5.74) is 0. The van der Waals surface area contributed by atoms with Gasteiger partial charge in [0.1, 0.15) is 6.54 Å². The highest BCUT2D eigenvalue weighted by Gasteiger charge is 2.14. The highest BCUT2D eigenvalue weighted by molar-refractivity contribution is 7.11. The predicted molar refractivity (Wildman–Crippen MR) is 71.0 cm³/mol. The van der Waals surface area contributed by atoms with Crippen LogP contribution in [0.1, 0.15) is 16.7 Å². The summed E-state index contributed by atoms with van der Waals surface area (Å²) in [7, 11) is 1.46. The second-order valence-electron chi connectivity index (χ2n) is 4.32. The van der Waals surface area contributed by atoms with Gasteiger partial charge in [-0.1, -0.05) is 0 Å². The van der Waals surface area contributed by atoms with E-state index in [0.717, 1.165) is 11.3 Å². The van der Waals surface area contributed by atoms with Crippen LogP contribution in [0.2, 0.25) is 0 Å². The van der Waals surface area contributed by atoms with Crippen molar-refractivity contribution in [1.29, 1.82) is 0 Å². The zero-order valence-corrected chi connectivity index (χ0v) is 11.6. The lowest BCUT2D eigenvalue weighted by Gasteiger charge is -2.19. The Morgan fingerprint density at radius 3 is 2.67 bits per heavy atom. The number of rotatable bonds is 5. The number of aryl methyl sites for hydroxylation is 1. The van der Waals surface area contributed by atoms with Crippen molar-refractivity contribution >= 4 is 23.3 Å². The Morgan fingerprint density at radius 2 is 2.17 bits per heavy atom. The molecule has 0 fully saturated rings. The van der Waals surface area contributed by atoms with Crippen LogP contribution in [0.5, 0.6) is 0 Å². The van der Waals surface area contributed by atoms with E-state index in [2.05, 4.69) is 5.32 Å². The van der Waals surface area contributed by atoms with E-state index in [1.807, 2.05) is 26.0 Å². The van der Waals surface area contributed by atoms with Crippen LogP contribution >= 0.6 is 11.3 Å². The SMILES string of the molecule is Cc1ccc(CC(C)NC(=O)N(C)CC(=O)O)s1. The van der Waals surface area contributed by atoms with Gasteiger partial charge in [0.25, 0.3) is 0 Å². The van der Waals surface area contributed by atoms with Crippen LogP contribution in [0.25, 0.3) is 0 Å². The van der Waals surface area contributed by atoms with Crippen LogP contribution in [0.3, 0.4) is 0 Å². The molecule has 2 N–H and O–H groups in total. The first kappa shape index (κ1) is 14.5. The molecule has 0 bridgehead atoms. The molecule has 1 heterocycles. The summed E-state index contributed by atoms with van der Waals surface area (Å²) in [6, 6.07) is 3.71. The number of carbonyl (C=O) groups excluding carboxylic acids is 1. The molecule has 0 aliphatic rings. The van der Waals surface area contributed by atoms with Crippen LogP contribution in [-0.4, -0.2) is 41.6 Å². The summed E-state index contributed by atoms with van der Waals surface area (Å²) in [4.78, 5) is 25.7. The van der Waals surface area contributed by atoms with Crippen LogP contribution in [0.15, 0.2) is 12.1 Å². The summed E-state index contributed by atoms with van der Waals surface area (Å²) in [5, 5.41) is 11.4. The Balaban J connectivity index is 2.42. The van der Waals surface area contributed by atoms with Gasteiger partial charge in [-0.3, -0.25) is 4.79 Å². The number of carbonyl (C=O) groups is 2. The predicted octanol–water partition coefficient (Wildman–Crippen LogP) is 1.71. The number of hydrogen-bond donors (Lipinski definition) is 2. The molecule has 0 aromatic carbocycles. The van der Waals surface area contributed by atoms with E-state index in [1.165, 1.54) is 16.8 Å². The molecule has 5 nitrogen and oxygen atoms in total. The van der Waals surface area contributed by atoms with Gasteiger partial charge in [0.05, 0.1) is 0 Å². The van der Waals surface area contributed by atoms with Gasteiger partial charge in [0.2, 0.25) is 0 Å². The van der Waals surface area contributed by atoms with Gasteiger partial charge in [0.15, 0.2) is 0 Å². The molecule has 1 unspecified atom stereocenters. The van der Waals surface area contributed by atoms with E-state index < -0.39 is 5.97 Å². The lowest BCUT2D eigenvalue weighted by atomic mass is 10.2. The number of carboxylic acid groups (broad SMARTS) is 1. The van der Waals surface area contributed by atoms with E-state index in [9.17, 15) is 9.59 Å². The topological polar surface area (TPSA) is 69.6 Å². The lowest BCUT2D eigenvalue weighted by molar-refractivity contribution is -0.137. The van der Waals surface area contributed by atoms with E-state index in [-0.39, 0.29) is 18.6 Å². The highest BCUT2D eigenvalue weighted by Crippen LogP contribution is 2.16. The van der Waals surface area contributed by atoms with Gasteiger partial charge in [-0.25, -0.2) is 4.79 Å². The number of carboxylic acids is 1. The third kappa shape index (κ3) is 4.75. The molecule has 1 aromatic heterocycles. The minimum Gasteiger partial charge on any atom is -0.480 e. The molecule has 0 aliphatic heterocycles. The number of nitrogens with one attached hydrogen (secondary N) is 1. The van der Waals surface area contributed by atoms with Gasteiger partial charge in [0, 0.05) is 29.3 Å². The maximum atomic E-state index is 11.6. The molecule has 0 saturated carbocycles. The minimum absolute atomic E-state index is 0.0215. The third-order valence-electron chi connectivity index (χ3n) is 2.39. The maximum Gasteiger partial charge on any atom is 0.323 e. The largest absolute Gasteiger partial charge is 0.480 e. The van der Waals surface area contributed by atoms with Crippen molar-refractivity contribution in [3.05, 3.63) is 21.9 Å². The molecule has 1 rings (SSSR count). The highest BCUT2D eigenvalue weighted by atomic mass is 32.1. The van der Waals surface area contributed by atoms with Gasteiger partial charge in [-0.15, -0.1) is 11.3 Å². The molecular weight excluding hydrogens is 252 g/mol. The van der Waals surface area contributed by atoms with Gasteiger partial charge in [-0.05, 0) is 26.0 Å². The summed E-state index contributed by atoms with van der Waals surface area (Å²) in [6.07, 6.45) is 0.755. The van der Waals surface area contributed by atoms with E-state index >= 15 is 0 Å². The van der Waals surface area contributed by atoms with Crippen molar-refractivity contribution in [3.8, 4) is 0 Å². The monoisotopic (exact) mass is 270 g/mol. The molecule has 0 saturated heterocycles. The molecule has 6 heteroatoms. The summed E-state index contributed by atoms with van der Waals surface area (Å²) >= 11 is 1.70. The molecule has 2 amide bonds. The lowest BCUT2D eigenvalue weighted by Crippen LogP contribution is -2.44. The molecular formula is C12H18N2O3S. The van der Waals surface area contributed by atoms with Gasteiger partial charge >= 0.3 is 12.0 Å². The summed E-state index contributed by atoms with van der Waals surface area (Å²) in [5.74, 6) is -1.02. The molecule has 0 radical (unpaired) electrons. The number of thiophene rings is 1. The van der Waals surface area contributed by atoms with Crippen molar-refractivity contribution in [3.63, 3.8) is 0 Å². The van der Waals surface area contributed by atoms with Gasteiger partial charge in [-0.2, -0.15) is 0 Å². The quantitative estimate of drug-likeness (QED) is 0.855. The van der Waals surface area contributed by atoms with Crippen LogP contribution < -0.4 is 5.32 Å². The van der Waals surface area contributed by atoms with Crippen molar-refractivity contribution in [2.24, 2.45) is 0 Å². The fraction of sp³-hybridized carbons (Fsp3) is 0.500. The molecule has 1 atom stereocenters. The average Bonchev–Trinajstić information content (AvgIpc) is 2.62. The molecule has 0 spiro atoms. The first-order chi connectivity index (χ1) is 8.38. The van der Waals surface area contributed by atoms with Crippen molar-refractivity contribution in [2.45, 2.75) is 26.3 Å². The Bertz CT molecular complexity index is 431. The third-order valence-corrected chi connectivity index (χ3v) is 3.42. The molecule has 18 heavy (non-hydrogen) atoms. The summed E-state index contributed by atoms with van der Waals surface area (Å²) in [6.45, 7) is 3.65. The number of nitrogens with zero attached hydrogens (tertiary/aromatic N) is 1. The standard InChI is InChI=1S/C12H18N2O3S/c1-8(6-10-5-4-9(2)18-10)13-12(17)14(3)7-11(15)16/h4-5,8H,6-7H2,1-3H3,(H,13,17)(H,15,16). The van der Waals surface area contributed by atoms with Crippen molar-refractivity contribution in [2.75, 3.05) is 13.6 Å². The van der Waals surface area contributed by atoms with Gasteiger partial charge < -0.3 is 15.3 Å². The fourth-order valence-corrected chi connectivity index (χ4v) is 2.56. The second kappa shape index (κ2) is 6.39. The van der Waals surface area contributed by atoms with Crippen molar-refractivity contribution in [1.82, 2.24) is 10.2 Å². The first-order valence-corrected chi connectivity index (χ1v) is 6.49. The van der Waals surface area contributed by atoms with E-state index in [4.69, 9.17) is 5.11 Å². The normalized spacial score (nSPS) is 11.9. The number of hydrogen-bond acceptors (Lipinski definition) is 3. The molecule has 1 aromatic rings. The fourth-order valence-electron chi connectivity index (χ4n) is 1.54. The Kier molecular flexibility index (Phi) is 5.15. The number of aliphatic carboxylic acids is 1. The van der Waals surface area contributed by atoms with E-state index in [1.54, 1.807) is 11.3 Å². The number of likely N-dealkylation sites (N-methyl/N-ethyl adjacent to an activating group) is 1. The van der Waals surface area contributed by atoms with E-state index in [0.29, 0.717) is 0 Å². The zero-order chi connectivity index (χ0) is 13.7. The number of urea groups is 1. The number of amides is 2. The van der Waals surface area contributed by atoms with Crippen LogP contribution in [0.4, 0.5) is 4.79 Å². The average molecular weight is 270 g/mol. The Labute approximate surface area is 110 Å². The van der Waals surface area contributed by atoms with Crippen LogP contribution in [-0.2, 0) is 11.2 Å². The van der Waals surface area contributed by atoms with Crippen LogP contribution in [0, 0.1) is 6.92 Å². The summed E-state index contributed by atoms with van der Waals surface area (Å²) < 4.78 is 0. The Morgan fingerprint density at radius 1 is 1.50 bits per heavy atom. The maximum absolute atomic E-state index is 11.6. The van der Waals surface area contributed by atoms with Crippen molar-refractivity contribution < 1.29 is 14.7 Å². The smallest absolute Gasteiger partial charge is 0.323 e. The second-order valence-corrected chi connectivity index (χ2v) is 5.69. The molecule has 0 aliphatic carbocycles. The first-order valence-electron chi connectivity index (χ1n) is 5.67. The zero-order valence-electron chi connectivity index (χ0n) is 10.8.